The molecule has 20 heavy (non-hydrogen) atoms. The van der Waals surface area contributed by atoms with E-state index in [1.54, 1.807) is 0 Å². The van der Waals surface area contributed by atoms with Crippen LogP contribution in [0.1, 0.15) is 58.5 Å². The van der Waals surface area contributed by atoms with E-state index in [0.29, 0.717) is 10.9 Å². The van der Waals surface area contributed by atoms with Crippen LogP contribution in [0.2, 0.25) is 5.02 Å². The van der Waals surface area contributed by atoms with E-state index in [4.69, 9.17) is 22.3 Å². The second-order valence-corrected chi connectivity index (χ2v) is 7.34. The van der Waals surface area contributed by atoms with Gasteiger partial charge in [-0.1, -0.05) is 46.2 Å². The van der Waals surface area contributed by atoms with Crippen LogP contribution in [0.4, 0.5) is 0 Å². The summed E-state index contributed by atoms with van der Waals surface area (Å²) in [4.78, 5) is 4.78. The van der Waals surface area contributed by atoms with Crippen LogP contribution in [-0.4, -0.2) is 9.38 Å². The Hall–Kier alpha value is -1.06. The second-order valence-electron chi connectivity index (χ2n) is 6.91. The van der Waals surface area contributed by atoms with Gasteiger partial charge in [0, 0.05) is 17.7 Å². The lowest BCUT2D eigenvalue weighted by Gasteiger charge is -2.22. The van der Waals surface area contributed by atoms with E-state index in [1.807, 2.05) is 18.3 Å². The highest BCUT2D eigenvalue weighted by Crippen LogP contribution is 2.32. The lowest BCUT2D eigenvalue weighted by Crippen LogP contribution is -2.22. The Balaban J connectivity index is 2.66. The minimum Gasteiger partial charge on any atom is -0.323 e. The Bertz CT molecular complexity index is 608. The van der Waals surface area contributed by atoms with Gasteiger partial charge in [-0.05, 0) is 24.5 Å². The molecule has 0 radical (unpaired) electrons. The molecular weight excluding hydrogens is 270 g/mol. The van der Waals surface area contributed by atoms with Gasteiger partial charge in [0.15, 0.2) is 0 Å². The molecule has 3 nitrogen and oxygen atoms in total. The summed E-state index contributed by atoms with van der Waals surface area (Å²) in [5.74, 6) is 0.544. The summed E-state index contributed by atoms with van der Waals surface area (Å²) in [5, 5.41) is 0.702. The SMILES string of the molecule is CC(C)CC(N)c1c(C(C)(C)C)nc2ccc(Cl)cn12. The van der Waals surface area contributed by atoms with Crippen molar-refractivity contribution >= 4 is 17.2 Å². The summed E-state index contributed by atoms with van der Waals surface area (Å²) in [6.45, 7) is 10.9. The molecule has 110 valence electrons. The Morgan fingerprint density at radius 3 is 2.50 bits per heavy atom. The lowest BCUT2D eigenvalue weighted by atomic mass is 9.87. The monoisotopic (exact) mass is 293 g/mol. The third-order valence-corrected chi connectivity index (χ3v) is 3.63. The summed E-state index contributed by atoms with van der Waals surface area (Å²) in [6, 6.07) is 3.79. The summed E-state index contributed by atoms with van der Waals surface area (Å²) in [6.07, 6.45) is 2.85. The van der Waals surface area contributed by atoms with Gasteiger partial charge in [-0.15, -0.1) is 0 Å². The number of nitrogens with zero attached hydrogens (tertiary/aromatic N) is 2. The lowest BCUT2D eigenvalue weighted by molar-refractivity contribution is 0.482. The number of pyridine rings is 1. The molecular formula is C16H24ClN3. The first-order chi connectivity index (χ1) is 9.20. The standard InChI is InChI=1S/C16H24ClN3/c1-10(2)8-12(18)14-15(16(3,4)5)19-13-7-6-11(17)9-20(13)14/h6-7,9-10,12H,8,18H2,1-5H3. The van der Waals surface area contributed by atoms with Crippen molar-refractivity contribution < 1.29 is 0 Å². The average Bonchev–Trinajstić information content (AvgIpc) is 2.66. The molecule has 4 heteroatoms. The molecule has 1 unspecified atom stereocenters. The van der Waals surface area contributed by atoms with Gasteiger partial charge in [0.2, 0.25) is 0 Å². The second kappa shape index (κ2) is 5.38. The van der Waals surface area contributed by atoms with E-state index in [1.165, 1.54) is 0 Å². The molecule has 2 aromatic heterocycles. The van der Waals surface area contributed by atoms with Gasteiger partial charge in [0.25, 0.3) is 0 Å². The van der Waals surface area contributed by atoms with Crippen LogP contribution >= 0.6 is 11.6 Å². The van der Waals surface area contributed by atoms with Crippen molar-refractivity contribution in [2.24, 2.45) is 11.7 Å². The first-order valence-corrected chi connectivity index (χ1v) is 7.51. The van der Waals surface area contributed by atoms with E-state index >= 15 is 0 Å². The summed E-state index contributed by atoms with van der Waals surface area (Å²) in [7, 11) is 0. The van der Waals surface area contributed by atoms with Gasteiger partial charge in [-0.3, -0.25) is 0 Å². The van der Waals surface area contributed by atoms with Crippen LogP contribution < -0.4 is 5.73 Å². The fraction of sp³-hybridized carbons (Fsp3) is 0.562. The normalized spacial score (nSPS) is 14.2. The molecule has 0 fully saturated rings. The largest absolute Gasteiger partial charge is 0.323 e. The minimum atomic E-state index is -0.0393. The molecule has 0 aromatic carbocycles. The molecule has 0 saturated carbocycles. The van der Waals surface area contributed by atoms with Crippen molar-refractivity contribution in [3.05, 3.63) is 34.7 Å². The highest BCUT2D eigenvalue weighted by molar-refractivity contribution is 6.30. The Kier molecular flexibility index (Phi) is 4.12. The molecule has 2 heterocycles. The van der Waals surface area contributed by atoms with Crippen LogP contribution in [0.5, 0.6) is 0 Å². The fourth-order valence-electron chi connectivity index (χ4n) is 2.56. The number of nitrogens with two attached hydrogens (primary N) is 1. The Labute approximate surface area is 126 Å². The quantitative estimate of drug-likeness (QED) is 0.915. The van der Waals surface area contributed by atoms with Gasteiger partial charge in [-0.2, -0.15) is 0 Å². The molecule has 2 N–H and O–H groups in total. The van der Waals surface area contributed by atoms with Crippen molar-refractivity contribution in [1.82, 2.24) is 9.38 Å². The van der Waals surface area contributed by atoms with Crippen LogP contribution in [0.3, 0.4) is 0 Å². The van der Waals surface area contributed by atoms with Crippen molar-refractivity contribution in [1.29, 1.82) is 0 Å². The van der Waals surface area contributed by atoms with Crippen LogP contribution in [0, 0.1) is 5.92 Å². The van der Waals surface area contributed by atoms with Crippen LogP contribution in [0.15, 0.2) is 18.3 Å². The summed E-state index contributed by atoms with van der Waals surface area (Å²) < 4.78 is 2.05. The number of rotatable bonds is 3. The molecule has 0 aliphatic rings. The molecule has 2 aromatic rings. The van der Waals surface area contributed by atoms with Crippen molar-refractivity contribution in [2.75, 3.05) is 0 Å². The highest BCUT2D eigenvalue weighted by atomic mass is 35.5. The van der Waals surface area contributed by atoms with E-state index in [2.05, 4.69) is 39.0 Å². The number of hydrogen-bond acceptors (Lipinski definition) is 2. The van der Waals surface area contributed by atoms with Gasteiger partial charge in [0.05, 0.1) is 16.4 Å². The van der Waals surface area contributed by atoms with E-state index in [-0.39, 0.29) is 11.5 Å². The van der Waals surface area contributed by atoms with E-state index < -0.39 is 0 Å². The van der Waals surface area contributed by atoms with E-state index in [0.717, 1.165) is 23.5 Å². The first kappa shape index (κ1) is 15.3. The van der Waals surface area contributed by atoms with Gasteiger partial charge >= 0.3 is 0 Å². The average molecular weight is 294 g/mol. The van der Waals surface area contributed by atoms with Gasteiger partial charge in [0.1, 0.15) is 5.65 Å². The zero-order chi connectivity index (χ0) is 15.1. The van der Waals surface area contributed by atoms with Gasteiger partial charge in [-0.25, -0.2) is 4.98 Å². The third kappa shape index (κ3) is 2.99. The number of aromatic nitrogens is 2. The molecule has 0 spiro atoms. The molecule has 0 aliphatic carbocycles. The molecule has 0 amide bonds. The number of imidazole rings is 1. The Morgan fingerprint density at radius 1 is 1.30 bits per heavy atom. The predicted octanol–water partition coefficient (Wildman–Crippen LogP) is 4.33. The van der Waals surface area contributed by atoms with Crippen LogP contribution in [0.25, 0.3) is 5.65 Å². The zero-order valence-electron chi connectivity index (χ0n) is 12.9. The first-order valence-electron chi connectivity index (χ1n) is 7.13. The third-order valence-electron chi connectivity index (χ3n) is 3.41. The maximum absolute atomic E-state index is 6.45. The highest BCUT2D eigenvalue weighted by Gasteiger charge is 2.27. The molecule has 2 rings (SSSR count). The predicted molar refractivity (Wildman–Crippen MR) is 85.3 cm³/mol. The van der Waals surface area contributed by atoms with Crippen molar-refractivity contribution in [2.45, 2.75) is 52.5 Å². The summed E-state index contributed by atoms with van der Waals surface area (Å²) >= 11 is 6.14. The maximum atomic E-state index is 6.45. The minimum absolute atomic E-state index is 0.0299. The summed E-state index contributed by atoms with van der Waals surface area (Å²) in [5.41, 5.74) is 9.47. The maximum Gasteiger partial charge on any atom is 0.137 e. The van der Waals surface area contributed by atoms with Crippen LogP contribution in [-0.2, 0) is 5.41 Å². The van der Waals surface area contributed by atoms with Crippen molar-refractivity contribution in [3.63, 3.8) is 0 Å². The van der Waals surface area contributed by atoms with Gasteiger partial charge < -0.3 is 10.1 Å². The molecule has 0 bridgehead atoms. The molecule has 0 saturated heterocycles. The number of hydrogen-bond donors (Lipinski definition) is 1. The van der Waals surface area contributed by atoms with Crippen molar-refractivity contribution in [3.8, 4) is 0 Å². The zero-order valence-corrected chi connectivity index (χ0v) is 13.7. The topological polar surface area (TPSA) is 43.3 Å². The fourth-order valence-corrected chi connectivity index (χ4v) is 2.72. The van der Waals surface area contributed by atoms with E-state index in [9.17, 15) is 0 Å². The Morgan fingerprint density at radius 2 is 1.95 bits per heavy atom. The number of fused-ring (bicyclic) bond motifs is 1. The molecule has 1 atom stereocenters. The number of halogens is 1. The smallest absolute Gasteiger partial charge is 0.137 e. The molecule has 0 aliphatic heterocycles.